The summed E-state index contributed by atoms with van der Waals surface area (Å²) in [7, 11) is 0. The lowest BCUT2D eigenvalue weighted by Crippen LogP contribution is -2.34. The molecule has 0 aliphatic heterocycles. The standard InChI is InChI=1S/C24H23Cl4N5O2S/c1-4-9-33-22(20(13(2)3)30-23(35)15-7-5-6-8-16(15)26)31-32-24(33)36-12-19(34)29-21-17(27)10-14(25)11-18(21)28/h4-8,10-11,13,20H,1,9,12H2,2-3H3,(H,29,34)(H,30,35). The Kier molecular flexibility index (Phi) is 10.1. The molecule has 0 aliphatic carbocycles. The van der Waals surface area contributed by atoms with Gasteiger partial charge in [-0.2, -0.15) is 0 Å². The van der Waals surface area contributed by atoms with Crippen LogP contribution in [0.1, 0.15) is 36.1 Å². The van der Waals surface area contributed by atoms with Gasteiger partial charge in [-0.15, -0.1) is 16.8 Å². The molecule has 0 radical (unpaired) electrons. The fraction of sp³-hybridized carbons (Fsp3) is 0.250. The molecule has 12 heteroatoms. The largest absolute Gasteiger partial charge is 0.342 e. The smallest absolute Gasteiger partial charge is 0.253 e. The van der Waals surface area contributed by atoms with Crippen molar-refractivity contribution in [2.75, 3.05) is 11.1 Å². The molecular formula is C24H23Cl4N5O2S. The first kappa shape index (κ1) is 28.3. The Bertz CT molecular complexity index is 1260. The zero-order valence-corrected chi connectivity index (χ0v) is 23.2. The SMILES string of the molecule is C=CCn1c(SCC(=O)Nc2c(Cl)cc(Cl)cc2Cl)nnc1C(NC(=O)c1ccccc1Cl)C(C)C. The molecule has 1 atom stereocenters. The number of nitrogens with zero attached hydrogens (tertiary/aromatic N) is 3. The van der Waals surface area contributed by atoms with E-state index in [0.717, 1.165) is 0 Å². The van der Waals surface area contributed by atoms with Gasteiger partial charge in [0.25, 0.3) is 5.91 Å². The van der Waals surface area contributed by atoms with Crippen LogP contribution in [-0.2, 0) is 11.3 Å². The van der Waals surface area contributed by atoms with Crippen LogP contribution >= 0.6 is 58.2 Å². The van der Waals surface area contributed by atoms with Crippen LogP contribution in [0.15, 0.2) is 54.2 Å². The number of nitrogens with one attached hydrogen (secondary N) is 2. The number of allylic oxidation sites excluding steroid dienone is 1. The number of amides is 2. The van der Waals surface area contributed by atoms with E-state index >= 15 is 0 Å². The van der Waals surface area contributed by atoms with Crippen molar-refractivity contribution in [3.8, 4) is 0 Å². The van der Waals surface area contributed by atoms with Crippen LogP contribution in [0.5, 0.6) is 0 Å². The Morgan fingerprint density at radius 3 is 2.36 bits per heavy atom. The minimum Gasteiger partial charge on any atom is -0.342 e. The first-order valence-electron chi connectivity index (χ1n) is 10.8. The number of hydrogen-bond acceptors (Lipinski definition) is 5. The molecule has 2 aromatic carbocycles. The quantitative estimate of drug-likeness (QED) is 0.198. The van der Waals surface area contributed by atoms with Crippen molar-refractivity contribution in [3.05, 3.63) is 80.5 Å². The van der Waals surface area contributed by atoms with E-state index in [4.69, 9.17) is 46.4 Å². The Hall–Kier alpha value is -2.23. The molecule has 0 spiro atoms. The molecule has 0 saturated carbocycles. The highest BCUT2D eigenvalue weighted by Crippen LogP contribution is 2.34. The maximum absolute atomic E-state index is 12.9. The second-order valence-electron chi connectivity index (χ2n) is 8.00. The van der Waals surface area contributed by atoms with Crippen LogP contribution in [0.3, 0.4) is 0 Å². The molecule has 1 heterocycles. The number of halogens is 4. The first-order chi connectivity index (χ1) is 17.1. The summed E-state index contributed by atoms with van der Waals surface area (Å²) in [4.78, 5) is 25.5. The molecule has 2 amide bonds. The maximum Gasteiger partial charge on any atom is 0.253 e. The van der Waals surface area contributed by atoms with Crippen LogP contribution in [0.2, 0.25) is 20.1 Å². The number of thioether (sulfide) groups is 1. The Morgan fingerprint density at radius 2 is 1.75 bits per heavy atom. The van der Waals surface area contributed by atoms with Crippen LogP contribution < -0.4 is 10.6 Å². The summed E-state index contributed by atoms with van der Waals surface area (Å²) in [5, 5.41) is 16.0. The van der Waals surface area contributed by atoms with Gasteiger partial charge in [-0.1, -0.05) is 90.2 Å². The first-order valence-corrected chi connectivity index (χ1v) is 13.3. The van der Waals surface area contributed by atoms with Gasteiger partial charge in [0.1, 0.15) is 0 Å². The van der Waals surface area contributed by atoms with Crippen LogP contribution in [-0.4, -0.2) is 32.3 Å². The summed E-state index contributed by atoms with van der Waals surface area (Å²) >= 11 is 25.6. The van der Waals surface area contributed by atoms with Crippen LogP contribution in [0.4, 0.5) is 5.69 Å². The topological polar surface area (TPSA) is 88.9 Å². The highest BCUT2D eigenvalue weighted by atomic mass is 35.5. The lowest BCUT2D eigenvalue weighted by molar-refractivity contribution is -0.113. The van der Waals surface area contributed by atoms with E-state index in [1.54, 1.807) is 30.3 Å². The van der Waals surface area contributed by atoms with Crippen molar-refractivity contribution >= 4 is 75.7 Å². The Balaban J connectivity index is 1.78. The van der Waals surface area contributed by atoms with Crippen molar-refractivity contribution in [2.24, 2.45) is 5.92 Å². The number of carbonyl (C=O) groups excluding carboxylic acids is 2. The molecule has 1 aromatic heterocycles. The summed E-state index contributed by atoms with van der Waals surface area (Å²) < 4.78 is 1.81. The van der Waals surface area contributed by atoms with E-state index in [9.17, 15) is 9.59 Å². The highest BCUT2D eigenvalue weighted by Gasteiger charge is 2.27. The molecule has 0 aliphatic rings. The molecule has 0 saturated heterocycles. The normalized spacial score (nSPS) is 11.9. The van der Waals surface area contributed by atoms with Gasteiger partial charge in [0.2, 0.25) is 5.91 Å². The van der Waals surface area contributed by atoms with Gasteiger partial charge in [-0.25, -0.2) is 0 Å². The summed E-state index contributed by atoms with van der Waals surface area (Å²) in [6.45, 7) is 8.12. The number of hydrogen-bond donors (Lipinski definition) is 2. The Labute approximate surface area is 233 Å². The third-order valence-electron chi connectivity index (χ3n) is 5.01. The number of carbonyl (C=O) groups is 2. The lowest BCUT2D eigenvalue weighted by Gasteiger charge is -2.23. The summed E-state index contributed by atoms with van der Waals surface area (Å²) in [5.41, 5.74) is 0.647. The third-order valence-corrected chi connectivity index (χ3v) is 7.12. The van der Waals surface area contributed by atoms with Crippen molar-refractivity contribution in [1.29, 1.82) is 0 Å². The van der Waals surface area contributed by atoms with E-state index in [1.807, 2.05) is 18.4 Å². The predicted molar refractivity (Wildman–Crippen MR) is 148 cm³/mol. The van der Waals surface area contributed by atoms with Gasteiger partial charge < -0.3 is 15.2 Å². The van der Waals surface area contributed by atoms with E-state index in [0.29, 0.717) is 33.1 Å². The molecule has 7 nitrogen and oxygen atoms in total. The van der Waals surface area contributed by atoms with E-state index in [2.05, 4.69) is 27.4 Å². The number of aromatic nitrogens is 3. The van der Waals surface area contributed by atoms with E-state index in [-0.39, 0.29) is 39.2 Å². The van der Waals surface area contributed by atoms with Gasteiger partial charge in [-0.05, 0) is 30.2 Å². The summed E-state index contributed by atoms with van der Waals surface area (Å²) in [6.07, 6.45) is 1.69. The predicted octanol–water partition coefficient (Wildman–Crippen LogP) is 6.94. The van der Waals surface area contributed by atoms with Gasteiger partial charge in [0.15, 0.2) is 11.0 Å². The summed E-state index contributed by atoms with van der Waals surface area (Å²) in [5.74, 6) is -0.120. The number of rotatable bonds is 10. The third kappa shape index (κ3) is 6.95. The average molecular weight is 587 g/mol. The van der Waals surface area contributed by atoms with Crippen molar-refractivity contribution in [2.45, 2.75) is 31.6 Å². The zero-order valence-electron chi connectivity index (χ0n) is 19.4. The molecule has 3 aromatic rings. The summed E-state index contributed by atoms with van der Waals surface area (Å²) in [6, 6.07) is 9.34. The van der Waals surface area contributed by atoms with E-state index in [1.165, 1.54) is 23.9 Å². The second kappa shape index (κ2) is 12.8. The second-order valence-corrected chi connectivity index (χ2v) is 10.6. The minimum absolute atomic E-state index is 0.0143. The van der Waals surface area contributed by atoms with Crippen molar-refractivity contribution in [3.63, 3.8) is 0 Å². The Morgan fingerprint density at radius 1 is 1.08 bits per heavy atom. The average Bonchev–Trinajstić information content (AvgIpc) is 3.20. The zero-order chi connectivity index (χ0) is 26.4. The number of anilines is 1. The van der Waals surface area contributed by atoms with Gasteiger partial charge in [0, 0.05) is 11.6 Å². The molecule has 0 bridgehead atoms. The van der Waals surface area contributed by atoms with Crippen LogP contribution in [0, 0.1) is 5.92 Å². The molecule has 36 heavy (non-hydrogen) atoms. The minimum atomic E-state index is -0.462. The molecule has 2 N–H and O–H groups in total. The monoisotopic (exact) mass is 585 g/mol. The molecule has 0 fully saturated rings. The number of benzene rings is 2. The highest BCUT2D eigenvalue weighted by molar-refractivity contribution is 7.99. The van der Waals surface area contributed by atoms with Gasteiger partial charge in [-0.3, -0.25) is 9.59 Å². The van der Waals surface area contributed by atoms with Crippen LogP contribution in [0.25, 0.3) is 0 Å². The molecule has 3 rings (SSSR count). The maximum atomic E-state index is 12.9. The van der Waals surface area contributed by atoms with Gasteiger partial charge in [0.05, 0.1) is 38.1 Å². The van der Waals surface area contributed by atoms with Crippen molar-refractivity contribution in [1.82, 2.24) is 20.1 Å². The molecule has 1 unspecified atom stereocenters. The van der Waals surface area contributed by atoms with Crippen molar-refractivity contribution < 1.29 is 9.59 Å². The fourth-order valence-electron chi connectivity index (χ4n) is 3.30. The molecule has 190 valence electrons. The van der Waals surface area contributed by atoms with E-state index < -0.39 is 6.04 Å². The molecular weight excluding hydrogens is 564 g/mol. The fourth-order valence-corrected chi connectivity index (χ4v) is 5.19. The van der Waals surface area contributed by atoms with Gasteiger partial charge >= 0.3 is 0 Å². The lowest BCUT2D eigenvalue weighted by atomic mass is 10.0.